The van der Waals surface area contributed by atoms with Crippen LogP contribution in [0.5, 0.6) is 11.5 Å². The molecule has 2 amide bonds. The van der Waals surface area contributed by atoms with Crippen molar-refractivity contribution in [3.63, 3.8) is 0 Å². The third-order valence-corrected chi connectivity index (χ3v) is 5.18. The first-order chi connectivity index (χ1) is 12.8. The van der Waals surface area contributed by atoms with E-state index >= 15 is 0 Å². The molecule has 7 heteroatoms. The van der Waals surface area contributed by atoms with E-state index in [4.69, 9.17) is 9.47 Å². The first kappa shape index (κ1) is 17.7. The van der Waals surface area contributed by atoms with E-state index in [9.17, 15) is 4.79 Å². The zero-order valence-electron chi connectivity index (χ0n) is 16.3. The maximum Gasteiger partial charge on any atom is 0.318 e. The second-order valence-electron chi connectivity index (χ2n) is 7.89. The summed E-state index contributed by atoms with van der Waals surface area (Å²) in [5.74, 6) is 1.55. The fourth-order valence-corrected chi connectivity index (χ4v) is 3.91. The lowest BCUT2D eigenvalue weighted by molar-refractivity contribution is 0.0658. The second-order valence-corrected chi connectivity index (χ2v) is 7.89. The van der Waals surface area contributed by atoms with Crippen LogP contribution in [0.25, 0.3) is 0 Å². The Morgan fingerprint density at radius 1 is 1.33 bits per heavy atom. The summed E-state index contributed by atoms with van der Waals surface area (Å²) < 4.78 is 13.4. The summed E-state index contributed by atoms with van der Waals surface area (Å²) >= 11 is 0. The molecule has 0 bridgehead atoms. The molecule has 2 aromatic rings. The summed E-state index contributed by atoms with van der Waals surface area (Å²) in [6, 6.07) is 7.60. The van der Waals surface area contributed by atoms with Gasteiger partial charge in [0, 0.05) is 18.5 Å². The summed E-state index contributed by atoms with van der Waals surface area (Å²) in [5, 5.41) is 7.67. The van der Waals surface area contributed by atoms with E-state index in [1.165, 1.54) is 0 Å². The van der Waals surface area contributed by atoms with E-state index in [1.54, 1.807) is 7.11 Å². The minimum absolute atomic E-state index is 0.0587. The van der Waals surface area contributed by atoms with Gasteiger partial charge in [-0.25, -0.2) is 4.79 Å². The third kappa shape index (κ3) is 3.46. The Bertz CT molecular complexity index is 874. The van der Waals surface area contributed by atoms with Crippen molar-refractivity contribution in [3.8, 4) is 11.5 Å². The number of rotatable bonds is 2. The van der Waals surface area contributed by atoms with E-state index in [1.807, 2.05) is 54.6 Å². The second kappa shape index (κ2) is 6.48. The van der Waals surface area contributed by atoms with Crippen molar-refractivity contribution in [1.29, 1.82) is 0 Å². The number of ether oxygens (including phenoxy) is 2. The van der Waals surface area contributed by atoms with Crippen LogP contribution in [0.3, 0.4) is 0 Å². The van der Waals surface area contributed by atoms with Gasteiger partial charge >= 0.3 is 6.03 Å². The number of fused-ring (bicyclic) bond motifs is 2. The average molecular weight is 370 g/mol. The molecular formula is C20H26N4O3. The zero-order chi connectivity index (χ0) is 19.2. The Morgan fingerprint density at radius 2 is 2.15 bits per heavy atom. The lowest BCUT2D eigenvalue weighted by Gasteiger charge is -2.39. The van der Waals surface area contributed by atoms with Crippen molar-refractivity contribution >= 4 is 6.03 Å². The molecule has 7 nitrogen and oxygen atoms in total. The van der Waals surface area contributed by atoms with Crippen LogP contribution >= 0.6 is 0 Å². The van der Waals surface area contributed by atoms with Gasteiger partial charge in [0.25, 0.3) is 0 Å². The SMILES string of the molecule is COc1ccc2c(c1)[C@@H](NC(=O)N1CCn3nc(C)cc3C1)CC(C)(C)O2. The molecule has 1 atom stereocenters. The van der Waals surface area contributed by atoms with Crippen LogP contribution in [0.1, 0.15) is 43.3 Å². The maximum atomic E-state index is 13.0. The molecule has 3 heterocycles. The van der Waals surface area contributed by atoms with Gasteiger partial charge in [-0.1, -0.05) is 0 Å². The molecule has 2 aliphatic heterocycles. The highest BCUT2D eigenvalue weighted by Crippen LogP contribution is 2.41. The van der Waals surface area contributed by atoms with Crippen LogP contribution in [0.2, 0.25) is 0 Å². The van der Waals surface area contributed by atoms with E-state index in [-0.39, 0.29) is 17.7 Å². The Kier molecular flexibility index (Phi) is 4.25. The molecule has 144 valence electrons. The van der Waals surface area contributed by atoms with Crippen molar-refractivity contribution in [2.45, 2.75) is 51.9 Å². The number of nitrogens with one attached hydrogen (secondary N) is 1. The monoisotopic (exact) mass is 370 g/mol. The molecular weight excluding hydrogens is 344 g/mol. The molecule has 0 saturated carbocycles. The molecule has 0 fully saturated rings. The van der Waals surface area contributed by atoms with Gasteiger partial charge in [-0.3, -0.25) is 4.68 Å². The van der Waals surface area contributed by atoms with Crippen molar-refractivity contribution in [2.75, 3.05) is 13.7 Å². The molecule has 27 heavy (non-hydrogen) atoms. The Morgan fingerprint density at radius 3 is 2.93 bits per heavy atom. The van der Waals surface area contributed by atoms with Gasteiger partial charge in [0.15, 0.2) is 0 Å². The number of aryl methyl sites for hydroxylation is 1. The number of hydrogen-bond acceptors (Lipinski definition) is 4. The lowest BCUT2D eigenvalue weighted by atomic mass is 9.89. The molecule has 1 N–H and O–H groups in total. The van der Waals surface area contributed by atoms with Gasteiger partial charge < -0.3 is 19.7 Å². The van der Waals surface area contributed by atoms with Crippen LogP contribution in [0.4, 0.5) is 4.79 Å². The summed E-state index contributed by atoms with van der Waals surface area (Å²) in [6.45, 7) is 8.01. The van der Waals surface area contributed by atoms with Gasteiger partial charge in [-0.2, -0.15) is 5.10 Å². The quantitative estimate of drug-likeness (QED) is 0.882. The normalized spacial score (nSPS) is 20.3. The van der Waals surface area contributed by atoms with Crippen molar-refractivity contribution in [1.82, 2.24) is 20.0 Å². The topological polar surface area (TPSA) is 68.6 Å². The van der Waals surface area contributed by atoms with Gasteiger partial charge in [-0.15, -0.1) is 0 Å². The number of nitrogens with zero attached hydrogens (tertiary/aromatic N) is 3. The fraction of sp³-hybridized carbons (Fsp3) is 0.500. The van der Waals surface area contributed by atoms with Gasteiger partial charge in [0.2, 0.25) is 0 Å². The molecule has 0 spiro atoms. The van der Waals surface area contributed by atoms with Gasteiger partial charge in [-0.05, 0) is 45.0 Å². The first-order valence-electron chi connectivity index (χ1n) is 9.30. The predicted molar refractivity (Wildman–Crippen MR) is 101 cm³/mol. The van der Waals surface area contributed by atoms with E-state index in [0.717, 1.165) is 35.0 Å². The number of urea groups is 1. The van der Waals surface area contributed by atoms with Crippen LogP contribution in [-0.4, -0.2) is 40.0 Å². The minimum atomic E-state index is -0.350. The van der Waals surface area contributed by atoms with Gasteiger partial charge in [0.05, 0.1) is 37.6 Å². The molecule has 1 aromatic heterocycles. The predicted octanol–water partition coefficient (Wildman–Crippen LogP) is 3.03. The van der Waals surface area contributed by atoms with E-state index in [2.05, 4.69) is 10.4 Å². The smallest absolute Gasteiger partial charge is 0.318 e. The van der Waals surface area contributed by atoms with Crippen molar-refractivity contribution in [3.05, 3.63) is 41.2 Å². The van der Waals surface area contributed by atoms with Crippen LogP contribution in [-0.2, 0) is 13.1 Å². The number of methoxy groups -OCH3 is 1. The highest BCUT2D eigenvalue weighted by Gasteiger charge is 2.36. The van der Waals surface area contributed by atoms with E-state index in [0.29, 0.717) is 19.5 Å². The highest BCUT2D eigenvalue weighted by molar-refractivity contribution is 5.75. The number of benzene rings is 1. The summed E-state index contributed by atoms with van der Waals surface area (Å²) in [6.07, 6.45) is 0.698. The van der Waals surface area contributed by atoms with E-state index < -0.39 is 0 Å². The van der Waals surface area contributed by atoms with Crippen LogP contribution in [0.15, 0.2) is 24.3 Å². The van der Waals surface area contributed by atoms with Crippen molar-refractivity contribution < 1.29 is 14.3 Å². The standard InChI is InChI=1S/C20H26N4O3/c1-13-9-14-12-23(7-8-24(14)22-13)19(25)21-17-11-20(2,3)27-18-6-5-15(26-4)10-16(17)18/h5-6,9-10,17H,7-8,11-12H2,1-4H3,(H,21,25)/t17-/m0/s1. The number of amides is 2. The molecule has 0 radical (unpaired) electrons. The number of aromatic nitrogens is 2. The lowest BCUT2D eigenvalue weighted by Crippen LogP contribution is -2.48. The third-order valence-electron chi connectivity index (χ3n) is 5.18. The molecule has 0 aliphatic carbocycles. The summed E-state index contributed by atoms with van der Waals surface area (Å²) in [5.41, 5.74) is 2.67. The number of carbonyl (C=O) groups is 1. The summed E-state index contributed by atoms with van der Waals surface area (Å²) in [7, 11) is 1.64. The van der Waals surface area contributed by atoms with Crippen LogP contribution < -0.4 is 14.8 Å². The molecule has 0 unspecified atom stereocenters. The number of carbonyl (C=O) groups excluding carboxylic acids is 1. The summed E-state index contributed by atoms with van der Waals surface area (Å²) in [4.78, 5) is 14.8. The molecule has 4 rings (SSSR count). The fourth-order valence-electron chi connectivity index (χ4n) is 3.91. The molecule has 2 aliphatic rings. The largest absolute Gasteiger partial charge is 0.497 e. The van der Waals surface area contributed by atoms with Crippen LogP contribution in [0, 0.1) is 6.92 Å². The molecule has 0 saturated heterocycles. The maximum absolute atomic E-state index is 13.0. The Labute approximate surface area is 159 Å². The zero-order valence-corrected chi connectivity index (χ0v) is 16.3. The number of hydrogen-bond donors (Lipinski definition) is 1. The highest BCUT2D eigenvalue weighted by atomic mass is 16.5. The molecule has 1 aromatic carbocycles. The average Bonchev–Trinajstić information content (AvgIpc) is 2.99. The minimum Gasteiger partial charge on any atom is -0.497 e. The van der Waals surface area contributed by atoms with Gasteiger partial charge in [0.1, 0.15) is 17.1 Å². The van der Waals surface area contributed by atoms with Crippen molar-refractivity contribution in [2.24, 2.45) is 0 Å². The Balaban J connectivity index is 1.54. The first-order valence-corrected chi connectivity index (χ1v) is 9.30. The Hall–Kier alpha value is -2.70.